The highest BCUT2D eigenvalue weighted by atomic mass is 16.4. The number of nitrogens with one attached hydrogen (secondary N) is 1. The van der Waals surface area contributed by atoms with Gasteiger partial charge in [-0.1, -0.05) is 6.07 Å². The summed E-state index contributed by atoms with van der Waals surface area (Å²) in [5.74, 6) is 0.702. The molecule has 0 atom stereocenters. The lowest BCUT2D eigenvalue weighted by molar-refractivity contribution is 0.0732. The third kappa shape index (κ3) is 2.41. The second kappa shape index (κ2) is 4.57. The lowest BCUT2D eigenvalue weighted by Crippen LogP contribution is -2.39. The molecule has 0 spiro atoms. The molecule has 0 radical (unpaired) electrons. The Kier molecular flexibility index (Phi) is 2.89. The molecule has 5 heteroatoms. The molecule has 100 valence electrons. The van der Waals surface area contributed by atoms with Gasteiger partial charge >= 0.3 is 6.09 Å². The largest absolute Gasteiger partial charge is 0.465 e. The topological polar surface area (TPSA) is 69.6 Å². The normalized spacial score (nSPS) is 18.1. The molecule has 2 amide bonds. The molecule has 3 rings (SSSR count). The Morgan fingerprint density at radius 1 is 1.42 bits per heavy atom. The number of fused-ring (bicyclic) bond motifs is 1. The van der Waals surface area contributed by atoms with Gasteiger partial charge < -0.3 is 10.0 Å². The summed E-state index contributed by atoms with van der Waals surface area (Å²) in [4.78, 5) is 25.0. The van der Waals surface area contributed by atoms with Gasteiger partial charge in [0.05, 0.1) is 0 Å². The zero-order chi connectivity index (χ0) is 13.4. The summed E-state index contributed by atoms with van der Waals surface area (Å²) in [5, 5.41) is 11.2. The van der Waals surface area contributed by atoms with Gasteiger partial charge in [-0.2, -0.15) is 0 Å². The molecule has 0 saturated heterocycles. The van der Waals surface area contributed by atoms with Crippen molar-refractivity contribution in [3.8, 4) is 0 Å². The molecule has 1 aromatic rings. The molecule has 19 heavy (non-hydrogen) atoms. The van der Waals surface area contributed by atoms with Gasteiger partial charge in [-0.25, -0.2) is 4.79 Å². The number of hydrogen-bond donors (Lipinski definition) is 2. The maximum absolute atomic E-state index is 12.4. The molecule has 0 unspecified atom stereocenters. The van der Waals surface area contributed by atoms with Gasteiger partial charge in [0.15, 0.2) is 0 Å². The van der Waals surface area contributed by atoms with Crippen LogP contribution >= 0.6 is 0 Å². The third-order valence-corrected chi connectivity index (χ3v) is 3.74. The van der Waals surface area contributed by atoms with E-state index in [1.165, 1.54) is 12.8 Å². The first-order chi connectivity index (χ1) is 9.15. The second-order valence-corrected chi connectivity index (χ2v) is 5.21. The number of carbonyl (C=O) groups excluding carboxylic acids is 1. The highest BCUT2D eigenvalue weighted by Gasteiger charge is 2.31. The average Bonchev–Trinajstić information content (AvgIpc) is 3.17. The van der Waals surface area contributed by atoms with E-state index >= 15 is 0 Å². The minimum atomic E-state index is -1.10. The Bertz CT molecular complexity index is 537. The molecule has 5 nitrogen and oxygen atoms in total. The fourth-order valence-electron chi connectivity index (χ4n) is 2.59. The lowest BCUT2D eigenvalue weighted by atomic mass is 9.97. The predicted molar refractivity (Wildman–Crippen MR) is 70.4 cm³/mol. The van der Waals surface area contributed by atoms with Crippen molar-refractivity contribution in [2.24, 2.45) is 5.92 Å². The van der Waals surface area contributed by atoms with Crippen molar-refractivity contribution >= 4 is 17.7 Å². The van der Waals surface area contributed by atoms with Crippen molar-refractivity contribution in [3.05, 3.63) is 29.3 Å². The van der Waals surface area contributed by atoms with Crippen LogP contribution in [-0.2, 0) is 6.42 Å². The van der Waals surface area contributed by atoms with Gasteiger partial charge in [0.25, 0.3) is 5.91 Å². The quantitative estimate of drug-likeness (QED) is 0.875. The van der Waals surface area contributed by atoms with E-state index in [2.05, 4.69) is 5.32 Å². The number of rotatable bonds is 3. The molecule has 2 N–H and O–H groups in total. The summed E-state index contributed by atoms with van der Waals surface area (Å²) >= 11 is 0. The maximum atomic E-state index is 12.4. The maximum Gasteiger partial charge on any atom is 0.409 e. The van der Waals surface area contributed by atoms with Crippen LogP contribution in [-0.4, -0.2) is 35.1 Å². The van der Waals surface area contributed by atoms with Crippen molar-refractivity contribution in [3.63, 3.8) is 0 Å². The zero-order valence-corrected chi connectivity index (χ0v) is 10.6. The smallest absolute Gasteiger partial charge is 0.409 e. The monoisotopic (exact) mass is 260 g/mol. The molecule has 1 aliphatic carbocycles. The molecule has 1 heterocycles. The summed E-state index contributed by atoms with van der Waals surface area (Å²) in [6.45, 7) is 1.52. The van der Waals surface area contributed by atoms with E-state index in [-0.39, 0.29) is 5.91 Å². The molecule has 2 aliphatic rings. The average molecular weight is 260 g/mol. The van der Waals surface area contributed by atoms with Crippen LogP contribution < -0.4 is 5.32 Å². The SMILES string of the molecule is O=C(O)Nc1cccc2c1CCN(CC1CC1)C2=O. The zero-order valence-electron chi connectivity index (χ0n) is 10.6. The summed E-state index contributed by atoms with van der Waals surface area (Å²) < 4.78 is 0. The highest BCUT2D eigenvalue weighted by molar-refractivity contribution is 5.99. The van der Waals surface area contributed by atoms with E-state index in [0.717, 1.165) is 12.1 Å². The van der Waals surface area contributed by atoms with E-state index in [1.54, 1.807) is 18.2 Å². The van der Waals surface area contributed by atoms with Crippen LogP contribution in [0.25, 0.3) is 0 Å². The van der Waals surface area contributed by atoms with Crippen LogP contribution in [0.15, 0.2) is 18.2 Å². The number of anilines is 1. The van der Waals surface area contributed by atoms with E-state index in [4.69, 9.17) is 5.11 Å². The summed E-state index contributed by atoms with van der Waals surface area (Å²) in [6.07, 6.45) is 2.06. The van der Waals surface area contributed by atoms with Crippen LogP contribution in [0.3, 0.4) is 0 Å². The van der Waals surface area contributed by atoms with Gasteiger partial charge in [0.2, 0.25) is 0 Å². The van der Waals surface area contributed by atoms with Crippen molar-refractivity contribution in [2.75, 3.05) is 18.4 Å². The van der Waals surface area contributed by atoms with Gasteiger partial charge in [-0.3, -0.25) is 10.1 Å². The first kappa shape index (κ1) is 12.0. The van der Waals surface area contributed by atoms with Crippen molar-refractivity contribution < 1.29 is 14.7 Å². The predicted octanol–water partition coefficient (Wildman–Crippen LogP) is 2.18. The van der Waals surface area contributed by atoms with E-state index in [1.807, 2.05) is 4.90 Å². The van der Waals surface area contributed by atoms with Crippen molar-refractivity contribution in [2.45, 2.75) is 19.3 Å². The highest BCUT2D eigenvalue weighted by Crippen LogP contribution is 2.32. The standard InChI is InChI=1S/C14H16N2O3/c17-13-11-2-1-3-12(15-14(18)19)10(11)6-7-16(13)8-9-4-5-9/h1-3,9,15H,4-8H2,(H,18,19). The lowest BCUT2D eigenvalue weighted by Gasteiger charge is -2.29. The number of benzene rings is 1. The molecule has 0 aromatic heterocycles. The Morgan fingerprint density at radius 2 is 2.21 bits per heavy atom. The van der Waals surface area contributed by atoms with Gasteiger partial charge in [-0.15, -0.1) is 0 Å². The van der Waals surface area contributed by atoms with Crippen LogP contribution in [0, 0.1) is 5.92 Å². The Balaban J connectivity index is 1.86. The van der Waals surface area contributed by atoms with Crippen LogP contribution in [0.2, 0.25) is 0 Å². The molecule has 1 saturated carbocycles. The Morgan fingerprint density at radius 3 is 2.89 bits per heavy atom. The first-order valence-corrected chi connectivity index (χ1v) is 6.56. The van der Waals surface area contributed by atoms with Gasteiger partial charge in [-0.05, 0) is 42.9 Å². The first-order valence-electron chi connectivity index (χ1n) is 6.56. The molecule has 1 aliphatic heterocycles. The molecular weight excluding hydrogens is 244 g/mol. The number of hydrogen-bond acceptors (Lipinski definition) is 2. The second-order valence-electron chi connectivity index (χ2n) is 5.21. The van der Waals surface area contributed by atoms with Crippen LogP contribution in [0.4, 0.5) is 10.5 Å². The number of amides is 2. The molecular formula is C14H16N2O3. The van der Waals surface area contributed by atoms with Gasteiger partial charge in [0.1, 0.15) is 0 Å². The number of carbonyl (C=O) groups is 2. The molecule has 1 aromatic carbocycles. The number of carboxylic acid groups (broad SMARTS) is 1. The summed E-state index contributed by atoms with van der Waals surface area (Å²) in [5.41, 5.74) is 1.99. The van der Waals surface area contributed by atoms with Gasteiger partial charge in [0, 0.05) is 24.3 Å². The third-order valence-electron chi connectivity index (χ3n) is 3.74. The summed E-state index contributed by atoms with van der Waals surface area (Å²) in [6, 6.07) is 5.21. The van der Waals surface area contributed by atoms with Crippen LogP contribution in [0.1, 0.15) is 28.8 Å². The fourth-order valence-corrected chi connectivity index (χ4v) is 2.59. The van der Waals surface area contributed by atoms with E-state index in [9.17, 15) is 9.59 Å². The van der Waals surface area contributed by atoms with E-state index < -0.39 is 6.09 Å². The fraction of sp³-hybridized carbons (Fsp3) is 0.429. The van der Waals surface area contributed by atoms with Crippen molar-refractivity contribution in [1.29, 1.82) is 0 Å². The Hall–Kier alpha value is -2.04. The minimum absolute atomic E-state index is 0.0298. The van der Waals surface area contributed by atoms with E-state index in [0.29, 0.717) is 30.1 Å². The Labute approximate surface area is 111 Å². The van der Waals surface area contributed by atoms with Crippen LogP contribution in [0.5, 0.6) is 0 Å². The summed E-state index contributed by atoms with van der Waals surface area (Å²) in [7, 11) is 0. The molecule has 1 fully saturated rings. The van der Waals surface area contributed by atoms with Crippen molar-refractivity contribution in [1.82, 2.24) is 4.90 Å². The minimum Gasteiger partial charge on any atom is -0.465 e. The number of nitrogens with zero attached hydrogens (tertiary/aromatic N) is 1. The molecule has 0 bridgehead atoms.